The summed E-state index contributed by atoms with van der Waals surface area (Å²) in [6.45, 7) is 15.3. The summed E-state index contributed by atoms with van der Waals surface area (Å²) in [4.78, 5) is 67.5. The fourth-order valence-corrected chi connectivity index (χ4v) is 7.41. The molecule has 922 valence electrons. The molecule has 0 radical (unpaired) electrons. The van der Waals surface area contributed by atoms with Crippen molar-refractivity contribution in [2.24, 2.45) is 0 Å². The van der Waals surface area contributed by atoms with E-state index in [2.05, 4.69) is 35.6 Å². The van der Waals surface area contributed by atoms with E-state index in [1.54, 1.807) is 31.0 Å². The number of nitrogens with one attached hydrogen (secondary N) is 1. The molecule has 0 aliphatic carbocycles. The molecule has 101 heteroatoms. The highest BCUT2D eigenvalue weighted by Crippen LogP contribution is 2.32. The number of imidazole rings is 2. The summed E-state index contributed by atoms with van der Waals surface area (Å²) in [5.41, 5.74) is 14.3. The molecule has 0 bridgehead atoms. The Hall–Kier alpha value is -14.2. The van der Waals surface area contributed by atoms with Gasteiger partial charge in [-0.05, 0) is 107 Å². The number of fused-ring (bicyclic) bond motifs is 2. The van der Waals surface area contributed by atoms with E-state index in [0.29, 0.717) is 83.5 Å². The molecule has 8 aromatic rings. The molecule has 0 atom stereocenters. The first-order chi connectivity index (χ1) is 73.3. The third-order valence-corrected chi connectivity index (χ3v) is 11.5. The zero-order valence-corrected chi connectivity index (χ0v) is 70.1. The Morgan fingerprint density at radius 3 is 0.813 bits per heavy atom. The maximum Gasteiger partial charge on any atom is 0.410 e. The highest BCUT2D eigenvalue weighted by molar-refractivity contribution is 6.04. The minimum Gasteiger partial charge on any atom is -0.477 e. The van der Waals surface area contributed by atoms with Gasteiger partial charge in [0.15, 0.2) is 5.69 Å². The first-order valence-corrected chi connectivity index (χ1v) is 27.9. The van der Waals surface area contributed by atoms with E-state index in [-0.39, 0.29) is 35.6 Å². The highest BCUT2D eigenvalue weighted by Gasteiger charge is 2.38. The minimum atomic E-state index is -0.962. The van der Waals surface area contributed by atoms with Crippen molar-refractivity contribution in [1.29, 1.82) is 0 Å². The van der Waals surface area contributed by atoms with Crippen molar-refractivity contribution in [2.45, 2.75) is 65.9 Å². The molecule has 0 unspecified atom stereocenters. The predicted octanol–water partition coefficient (Wildman–Crippen LogP) is 41.3. The van der Waals surface area contributed by atoms with Gasteiger partial charge in [0.05, 0.1) is 31.3 Å². The third kappa shape index (κ3) is 134. The summed E-state index contributed by atoms with van der Waals surface area (Å²) in [6.07, 6.45) is 5.78. The fraction of sp³-hybridized carbons (Fsp3) is 0.306. The number of halogens is 80. The van der Waals surface area contributed by atoms with E-state index in [1.165, 1.54) is 13.3 Å². The summed E-state index contributed by atoms with van der Waals surface area (Å²) < 4.78 is 664. The number of amides is 3. The molecule has 0 saturated carbocycles. The number of nitrogens with two attached hydrogens (primary N) is 1. The van der Waals surface area contributed by atoms with Gasteiger partial charge in [-0.15, -0.1) is 0 Å². The molecule has 2 aliphatic heterocycles. The summed E-state index contributed by atoms with van der Waals surface area (Å²) in [5, 5.41) is 19.8. The van der Waals surface area contributed by atoms with Gasteiger partial charge in [0.25, 0.3) is 5.91 Å². The maximum atomic E-state index is 13.0. The number of carboxylic acids is 1. The minimum absolute atomic E-state index is 0.0197. The van der Waals surface area contributed by atoms with E-state index in [0.717, 1.165) is 27.8 Å². The second-order valence-electron chi connectivity index (χ2n) is 18.1. The molecular formula is C49H52F80N12O9. The molecule has 2 fully saturated rings. The van der Waals surface area contributed by atoms with Crippen LogP contribution in [0.1, 0.15) is 87.6 Å². The number of aromatic nitrogens is 8. The number of aryl methyl sites for hydroxylation is 4. The van der Waals surface area contributed by atoms with Crippen LogP contribution in [0.2, 0.25) is 0 Å². The second kappa shape index (κ2) is 247. The number of nitrogens with zero attached hydrogens (tertiary/aromatic N) is 10. The van der Waals surface area contributed by atoms with Gasteiger partial charge in [-0.25, -0.2) is 24.4 Å². The van der Waals surface area contributed by atoms with Crippen LogP contribution in [-0.4, -0.2) is 117 Å². The zero-order valence-electron chi connectivity index (χ0n) is 70.1. The number of hydrogen-bond acceptors (Lipinski definition) is 15. The number of rotatable bonds is 7. The van der Waals surface area contributed by atoms with E-state index >= 15 is 0 Å². The quantitative estimate of drug-likeness (QED) is 0.0989. The van der Waals surface area contributed by atoms with Crippen LogP contribution >= 0.6 is 0 Å². The lowest BCUT2D eigenvalue weighted by atomic mass is 10.0. The number of methoxy groups -OCH3 is 1. The number of benzene rings is 2. The first-order valence-electron chi connectivity index (χ1n) is 27.9. The lowest BCUT2D eigenvalue weighted by Crippen LogP contribution is -2.50. The smallest absolute Gasteiger partial charge is 0.410 e. The number of carboxylic acid groups (broad SMARTS) is 1. The van der Waals surface area contributed by atoms with Crippen molar-refractivity contribution in [3.8, 4) is 22.8 Å². The van der Waals surface area contributed by atoms with Crippen molar-refractivity contribution in [3.63, 3.8) is 0 Å². The molecule has 0 spiro atoms. The Kier molecular flexibility index (Phi) is 385. The van der Waals surface area contributed by atoms with Gasteiger partial charge in [0.2, 0.25) is 23.4 Å². The number of nitrogen functional groups attached to an aromatic ring is 1. The molecular weight excluding hydrogens is 2420 g/mol. The van der Waals surface area contributed by atoms with E-state index in [9.17, 15) is 19.2 Å². The molecule has 8 heterocycles. The molecule has 6 aromatic heterocycles. The first kappa shape index (κ1) is 233. The molecule has 2 aliphatic rings. The number of ether oxygens (including phenoxy) is 2. The van der Waals surface area contributed by atoms with Gasteiger partial charge < -0.3 is 44.5 Å². The normalized spacial score (nSPS) is 7.97. The van der Waals surface area contributed by atoms with Crippen molar-refractivity contribution < 1.29 is 409 Å². The molecule has 2 saturated heterocycles. The van der Waals surface area contributed by atoms with Crippen molar-refractivity contribution >= 4 is 46.7 Å². The van der Waals surface area contributed by atoms with Gasteiger partial charge in [0.1, 0.15) is 22.6 Å². The van der Waals surface area contributed by atoms with Crippen LogP contribution in [0.3, 0.4) is 0 Å². The largest absolute Gasteiger partial charge is 0.477 e. The molecule has 10 rings (SSSR count). The van der Waals surface area contributed by atoms with Crippen molar-refractivity contribution in [3.05, 3.63) is 131 Å². The fourth-order valence-electron chi connectivity index (χ4n) is 7.41. The summed E-state index contributed by atoms with van der Waals surface area (Å²) >= 11 is 0. The van der Waals surface area contributed by atoms with Crippen LogP contribution in [0, 0.1) is 27.7 Å². The van der Waals surface area contributed by atoms with Crippen LogP contribution in [0.15, 0.2) is 94.5 Å². The van der Waals surface area contributed by atoms with E-state index < -0.39 is 11.6 Å². The lowest BCUT2D eigenvalue weighted by molar-refractivity contribution is 0.00551. The SMILES string of the molecule is COC(=O)N1CC(c2nc(-c3ccc(C)c(NC(=O)c4cnc5cc(C)ccn45)c3)no2)C1.Cc1ccc(-c2noc(C3CN(C(=O)OC(C)(C)C)C3)n2)cc1N.Cc1ccn2c(C(=O)O)cnc2c1.FF.FF.FF.FF.FF.FF.FF.FF.FF.FF.FF.FF.FF.FF.FF.FF.FF.FF.FF.FF.FF.FF.FF.FF.FF.FF.FF.FF.FF.FF.FF.FF.FF.FF.FF.FF.FF.FF.FF.FF. The van der Waals surface area contributed by atoms with Crippen LogP contribution in [-0.2, 0) is 9.47 Å². The highest BCUT2D eigenvalue weighted by atomic mass is 20.1. The Balaban J connectivity index is -0.0000000338. The average molecular weight is 2470 g/mol. The van der Waals surface area contributed by atoms with Gasteiger partial charge in [-0.3, -0.25) is 13.6 Å². The van der Waals surface area contributed by atoms with Crippen LogP contribution < -0.4 is 11.1 Å². The van der Waals surface area contributed by atoms with E-state index in [1.807, 2.05) is 115 Å². The van der Waals surface area contributed by atoms with Crippen molar-refractivity contribution in [1.82, 2.24) is 48.9 Å². The van der Waals surface area contributed by atoms with Gasteiger partial charge >= 0.3 is 18.2 Å². The number of hydrogen-bond donors (Lipinski definition) is 3. The third-order valence-electron chi connectivity index (χ3n) is 11.5. The number of likely N-dealkylation sites (tertiary alicyclic amines) is 2. The summed E-state index contributed by atoms with van der Waals surface area (Å²) in [6, 6.07) is 18.8. The summed E-state index contributed by atoms with van der Waals surface area (Å²) in [5.74, 6) is 0.723. The number of aromatic carboxylic acids is 1. The second-order valence-corrected chi connectivity index (χ2v) is 18.1. The van der Waals surface area contributed by atoms with Gasteiger partial charge in [-0.1, -0.05) is 34.6 Å². The molecule has 3 amide bonds. The van der Waals surface area contributed by atoms with Crippen LogP contribution in [0.25, 0.3) is 34.1 Å². The molecule has 150 heavy (non-hydrogen) atoms. The lowest BCUT2D eigenvalue weighted by Gasteiger charge is -2.37. The number of anilines is 2. The Bertz CT molecular complexity index is 3390. The van der Waals surface area contributed by atoms with Gasteiger partial charge in [-0.2, -0.15) is 9.97 Å². The molecule has 4 N–H and O–H groups in total. The number of carbonyl (C=O) groups is 4. The Labute approximate surface area is 769 Å². The Morgan fingerprint density at radius 2 is 0.573 bits per heavy atom. The zero-order chi connectivity index (χ0) is 130. The maximum absolute atomic E-state index is 13.0. The van der Waals surface area contributed by atoms with Crippen molar-refractivity contribution in [2.75, 3.05) is 44.3 Å². The Morgan fingerprint density at radius 1 is 0.340 bits per heavy atom. The van der Waals surface area contributed by atoms with E-state index in [4.69, 9.17) is 395 Å². The molecule has 2 aromatic carbocycles. The molecule has 21 nitrogen and oxygen atoms in total. The predicted molar refractivity (Wildman–Crippen MR) is 344 cm³/mol. The van der Waals surface area contributed by atoms with Crippen LogP contribution in [0.5, 0.6) is 0 Å². The monoisotopic (exact) mass is 2470 g/mol. The average Bonchev–Trinajstić information content (AvgIpc) is 1.61. The van der Waals surface area contributed by atoms with Gasteiger partial charge in [0, 0.05) is 427 Å². The van der Waals surface area contributed by atoms with Crippen LogP contribution in [0.4, 0.5) is 387 Å². The number of pyridine rings is 2. The standard InChI is InChI=1S/C23H22N6O4.C17H22N4O3.C9H8N2O2.40F2/c1-13-6-7-29-18(10-24-19(29)8-13)21(30)25-17-9-15(5-4-14(17)2)20-26-22(33-27-20)16-11-28(12-16)23(31)32-3;1-10-5-6-11(7-13(10)18)14-19-15(24-20-14)12-8-21(9-12)16(22)23-17(2,3)4;1-6-2-3-11-7(9(12)13)5-10-8(11)4-6;40*1-2/h4-10,16H,11-12H2,1-3H3,(H,25,30);5-7,12H,8-9,18H2,1-4H3;2-5H,1H3,(H,12,13);;;;;;;;;;;;;;;;;;;;;;;;;;;;;;;;;;;;;;;;. The summed E-state index contributed by atoms with van der Waals surface area (Å²) in [7, 11) is 1.35. The number of carbonyl (C=O) groups excluding carboxylic acids is 3. The topological polar surface area (TPSA) is 264 Å².